The summed E-state index contributed by atoms with van der Waals surface area (Å²) in [7, 11) is 1.54. The monoisotopic (exact) mass is 463 g/mol. The van der Waals surface area contributed by atoms with Crippen molar-refractivity contribution in [3.63, 3.8) is 0 Å². The zero-order chi connectivity index (χ0) is 24.5. The Morgan fingerprint density at radius 2 is 1.68 bits per heavy atom. The minimum absolute atomic E-state index is 0.130. The first-order valence-corrected chi connectivity index (χ1v) is 10.1. The van der Waals surface area contributed by atoms with Gasteiger partial charge in [-0.25, -0.2) is 10.2 Å². The summed E-state index contributed by atoms with van der Waals surface area (Å²) in [5, 5.41) is 14.7. The lowest BCUT2D eigenvalue weighted by molar-refractivity contribution is -0.384. The summed E-state index contributed by atoms with van der Waals surface area (Å²) in [5.41, 5.74) is 3.46. The molecule has 0 saturated carbocycles. The average molecular weight is 463 g/mol. The summed E-state index contributed by atoms with van der Waals surface area (Å²) >= 11 is 0. The number of carbonyl (C=O) groups excluding carboxylic acids is 2. The van der Waals surface area contributed by atoms with Crippen LogP contribution in [0.15, 0.2) is 71.8 Å². The van der Waals surface area contributed by atoms with Crippen LogP contribution in [-0.4, -0.2) is 36.7 Å². The van der Waals surface area contributed by atoms with Crippen LogP contribution in [0.3, 0.4) is 0 Å². The van der Waals surface area contributed by atoms with Crippen LogP contribution >= 0.6 is 0 Å². The topological polar surface area (TPSA) is 129 Å². The highest BCUT2D eigenvalue weighted by atomic mass is 16.6. The lowest BCUT2D eigenvalue weighted by atomic mass is 10.2. The van der Waals surface area contributed by atoms with Gasteiger partial charge in [0.25, 0.3) is 11.6 Å². The Morgan fingerprint density at radius 3 is 2.29 bits per heavy atom. The standard InChI is InChI=1S/C24H21N3O7/c1-3-33-22-14-16(15-25-26-23(28)17-7-11-20(32-2)12-8-17)4-13-21(22)34-24(29)18-5-9-19(10-6-18)27(30)31/h4-15H,3H2,1-2H3,(H,26,28)/b25-15+. The minimum atomic E-state index is -0.691. The van der Waals surface area contributed by atoms with Crippen molar-refractivity contribution in [2.45, 2.75) is 6.92 Å². The number of hydrogen-bond acceptors (Lipinski definition) is 8. The van der Waals surface area contributed by atoms with Gasteiger partial charge in [0, 0.05) is 17.7 Å². The Morgan fingerprint density at radius 1 is 1.00 bits per heavy atom. The number of ether oxygens (including phenoxy) is 3. The van der Waals surface area contributed by atoms with Crippen LogP contribution in [0, 0.1) is 10.1 Å². The van der Waals surface area contributed by atoms with Crippen molar-refractivity contribution in [1.29, 1.82) is 0 Å². The number of amides is 1. The normalized spacial score (nSPS) is 10.5. The summed E-state index contributed by atoms with van der Waals surface area (Å²) in [6.07, 6.45) is 1.42. The zero-order valence-corrected chi connectivity index (χ0v) is 18.4. The van der Waals surface area contributed by atoms with Crippen LogP contribution in [0.2, 0.25) is 0 Å². The maximum atomic E-state index is 12.4. The van der Waals surface area contributed by atoms with E-state index in [4.69, 9.17) is 14.2 Å². The molecule has 0 fully saturated rings. The predicted octanol–water partition coefficient (Wildman–Crippen LogP) is 3.99. The van der Waals surface area contributed by atoms with Crippen LogP contribution in [0.4, 0.5) is 5.69 Å². The highest BCUT2D eigenvalue weighted by Gasteiger charge is 2.15. The van der Waals surface area contributed by atoms with E-state index in [1.165, 1.54) is 43.7 Å². The average Bonchev–Trinajstić information content (AvgIpc) is 2.85. The molecular formula is C24H21N3O7. The third kappa shape index (κ3) is 6.16. The first kappa shape index (κ1) is 23.9. The summed E-state index contributed by atoms with van der Waals surface area (Å²) < 4.78 is 16.0. The number of hydrazone groups is 1. The highest BCUT2D eigenvalue weighted by molar-refractivity contribution is 5.95. The lowest BCUT2D eigenvalue weighted by Crippen LogP contribution is -2.17. The van der Waals surface area contributed by atoms with Gasteiger partial charge in [-0.15, -0.1) is 0 Å². The van der Waals surface area contributed by atoms with Crippen molar-refractivity contribution < 1.29 is 28.7 Å². The molecule has 10 nitrogen and oxygen atoms in total. The van der Waals surface area contributed by atoms with E-state index in [1.807, 2.05) is 0 Å². The second kappa shape index (κ2) is 11.2. The fourth-order valence-electron chi connectivity index (χ4n) is 2.81. The Hall–Kier alpha value is -4.73. The molecule has 0 bridgehead atoms. The van der Waals surface area contributed by atoms with Crippen molar-refractivity contribution in [2.75, 3.05) is 13.7 Å². The first-order valence-electron chi connectivity index (χ1n) is 10.1. The molecule has 0 aliphatic rings. The molecule has 34 heavy (non-hydrogen) atoms. The molecule has 0 saturated heterocycles. The molecule has 3 rings (SSSR count). The Labute approximate surface area is 194 Å². The van der Waals surface area contributed by atoms with Gasteiger partial charge in [0.2, 0.25) is 0 Å². The van der Waals surface area contributed by atoms with Gasteiger partial charge in [0.15, 0.2) is 11.5 Å². The molecular weight excluding hydrogens is 442 g/mol. The van der Waals surface area contributed by atoms with E-state index in [2.05, 4.69) is 10.5 Å². The Bertz CT molecular complexity index is 1210. The third-order valence-electron chi connectivity index (χ3n) is 4.52. The van der Waals surface area contributed by atoms with E-state index in [1.54, 1.807) is 43.3 Å². The molecule has 0 radical (unpaired) electrons. The Kier molecular flexibility index (Phi) is 7.90. The third-order valence-corrected chi connectivity index (χ3v) is 4.52. The van der Waals surface area contributed by atoms with E-state index in [0.29, 0.717) is 29.2 Å². The summed E-state index contributed by atoms with van der Waals surface area (Å²) in [6.45, 7) is 2.09. The molecule has 3 aromatic carbocycles. The fourth-order valence-corrected chi connectivity index (χ4v) is 2.81. The number of hydrogen-bond donors (Lipinski definition) is 1. The maximum Gasteiger partial charge on any atom is 0.343 e. The quantitative estimate of drug-likeness (QED) is 0.167. The number of nitrogens with one attached hydrogen (secondary N) is 1. The first-order chi connectivity index (χ1) is 16.4. The number of rotatable bonds is 9. The van der Waals surface area contributed by atoms with Gasteiger partial charge in [-0.3, -0.25) is 14.9 Å². The van der Waals surface area contributed by atoms with Crippen molar-refractivity contribution in [3.05, 3.63) is 93.5 Å². The summed E-state index contributed by atoms with van der Waals surface area (Å²) in [4.78, 5) is 34.8. The van der Waals surface area contributed by atoms with Crippen LogP contribution < -0.4 is 19.6 Å². The molecule has 0 heterocycles. The number of esters is 1. The second-order valence-corrected chi connectivity index (χ2v) is 6.76. The molecule has 0 spiro atoms. The number of nitrogens with zero attached hydrogens (tertiary/aromatic N) is 2. The molecule has 0 unspecified atom stereocenters. The summed E-state index contributed by atoms with van der Waals surface area (Å²) in [5.74, 6) is 0.0206. The van der Waals surface area contributed by atoms with E-state index in [0.717, 1.165) is 0 Å². The SMILES string of the molecule is CCOc1cc(/C=N/NC(=O)c2ccc(OC)cc2)ccc1OC(=O)c1ccc([N+](=O)[O-])cc1. The number of nitro groups is 1. The van der Waals surface area contributed by atoms with Crippen LogP contribution in [-0.2, 0) is 0 Å². The number of nitro benzene ring substituents is 1. The van der Waals surface area contributed by atoms with Crippen molar-refractivity contribution in [1.82, 2.24) is 5.43 Å². The van der Waals surface area contributed by atoms with E-state index in [-0.39, 0.29) is 17.0 Å². The van der Waals surface area contributed by atoms with Crippen LogP contribution in [0.25, 0.3) is 0 Å². The van der Waals surface area contributed by atoms with Gasteiger partial charge in [0.05, 0.1) is 30.4 Å². The van der Waals surface area contributed by atoms with Crippen LogP contribution in [0.5, 0.6) is 17.2 Å². The van der Waals surface area contributed by atoms with Gasteiger partial charge in [-0.1, -0.05) is 0 Å². The number of methoxy groups -OCH3 is 1. The molecule has 1 amide bonds. The fraction of sp³-hybridized carbons (Fsp3) is 0.125. The van der Waals surface area contributed by atoms with Crippen molar-refractivity contribution in [3.8, 4) is 17.2 Å². The predicted molar refractivity (Wildman–Crippen MR) is 124 cm³/mol. The molecule has 10 heteroatoms. The van der Waals surface area contributed by atoms with E-state index < -0.39 is 16.8 Å². The minimum Gasteiger partial charge on any atom is -0.497 e. The van der Waals surface area contributed by atoms with Gasteiger partial charge in [0.1, 0.15) is 5.75 Å². The molecule has 0 aromatic heterocycles. The summed E-state index contributed by atoms with van der Waals surface area (Å²) in [6, 6.07) is 16.4. The lowest BCUT2D eigenvalue weighted by Gasteiger charge is -2.11. The molecule has 174 valence electrons. The smallest absolute Gasteiger partial charge is 0.343 e. The Balaban J connectivity index is 1.68. The number of benzene rings is 3. The van der Waals surface area contributed by atoms with Gasteiger partial charge in [-0.05, 0) is 67.1 Å². The van der Waals surface area contributed by atoms with Crippen LogP contribution in [0.1, 0.15) is 33.2 Å². The maximum absolute atomic E-state index is 12.4. The number of non-ortho nitro benzene ring substituents is 1. The molecule has 0 atom stereocenters. The molecule has 0 aliphatic heterocycles. The molecule has 3 aromatic rings. The van der Waals surface area contributed by atoms with Crippen molar-refractivity contribution in [2.24, 2.45) is 5.10 Å². The molecule has 1 N–H and O–H groups in total. The zero-order valence-electron chi connectivity index (χ0n) is 18.4. The number of carbonyl (C=O) groups is 2. The highest BCUT2D eigenvalue weighted by Crippen LogP contribution is 2.29. The van der Waals surface area contributed by atoms with Gasteiger partial charge in [-0.2, -0.15) is 5.10 Å². The van der Waals surface area contributed by atoms with E-state index >= 15 is 0 Å². The van der Waals surface area contributed by atoms with E-state index in [9.17, 15) is 19.7 Å². The second-order valence-electron chi connectivity index (χ2n) is 6.76. The van der Waals surface area contributed by atoms with Gasteiger partial charge < -0.3 is 14.2 Å². The molecule has 0 aliphatic carbocycles. The van der Waals surface area contributed by atoms with Gasteiger partial charge >= 0.3 is 5.97 Å². The largest absolute Gasteiger partial charge is 0.497 e. The van der Waals surface area contributed by atoms with Crippen molar-refractivity contribution >= 4 is 23.8 Å².